The van der Waals surface area contributed by atoms with Crippen molar-refractivity contribution in [1.29, 1.82) is 0 Å². The van der Waals surface area contributed by atoms with Gasteiger partial charge in [0.1, 0.15) is 0 Å². The molecule has 0 saturated carbocycles. The predicted molar refractivity (Wildman–Crippen MR) is 35.8 cm³/mol. The second-order valence-corrected chi connectivity index (χ2v) is 3.66. The average molecular weight is 142 g/mol. The summed E-state index contributed by atoms with van der Waals surface area (Å²) >= 11 is 1.14. The Morgan fingerprint density at radius 2 is 1.44 bits per heavy atom. The van der Waals surface area contributed by atoms with Crippen LogP contribution in [0.3, 0.4) is 0 Å². The molecule has 48 valence electrons. The highest BCUT2D eigenvalue weighted by Crippen LogP contribution is 2.63. The Morgan fingerprint density at radius 1 is 1.00 bits per heavy atom. The SMILES string of the molecule is OC12C=CC=CC1(O)S2. The van der Waals surface area contributed by atoms with Gasteiger partial charge in [-0.3, -0.25) is 0 Å². The van der Waals surface area contributed by atoms with Crippen molar-refractivity contribution in [2.24, 2.45) is 0 Å². The third-order valence-corrected chi connectivity index (χ3v) is 2.85. The first kappa shape index (κ1) is 5.53. The first-order valence-corrected chi connectivity index (χ1v) is 3.50. The molecule has 0 bridgehead atoms. The van der Waals surface area contributed by atoms with E-state index >= 15 is 0 Å². The lowest BCUT2D eigenvalue weighted by Gasteiger charge is -2.07. The van der Waals surface area contributed by atoms with Crippen LogP contribution in [-0.4, -0.2) is 20.1 Å². The van der Waals surface area contributed by atoms with E-state index in [-0.39, 0.29) is 0 Å². The summed E-state index contributed by atoms with van der Waals surface area (Å²) in [7, 11) is 0. The lowest BCUT2D eigenvalue weighted by atomic mass is 10.1. The highest BCUT2D eigenvalue weighted by atomic mass is 32.2. The zero-order valence-corrected chi connectivity index (χ0v) is 5.43. The van der Waals surface area contributed by atoms with Crippen molar-refractivity contribution < 1.29 is 10.2 Å². The molecule has 3 heteroatoms. The summed E-state index contributed by atoms with van der Waals surface area (Å²) in [6.07, 6.45) is 6.65. The predicted octanol–water partition coefficient (Wildman–Crippen LogP) is 0.236. The summed E-state index contributed by atoms with van der Waals surface area (Å²) in [5.41, 5.74) is 0. The molecular weight excluding hydrogens is 136 g/mol. The minimum atomic E-state index is -1.01. The molecule has 1 aliphatic heterocycles. The fraction of sp³-hybridized carbons (Fsp3) is 0.333. The quantitative estimate of drug-likeness (QED) is 0.476. The smallest absolute Gasteiger partial charge is 0.174 e. The van der Waals surface area contributed by atoms with E-state index in [1.807, 2.05) is 0 Å². The van der Waals surface area contributed by atoms with Crippen LogP contribution in [0, 0.1) is 0 Å². The number of hydrogen-bond acceptors (Lipinski definition) is 3. The molecule has 1 aliphatic carbocycles. The fourth-order valence-corrected chi connectivity index (χ4v) is 1.74. The Bertz CT molecular complexity index is 189. The second kappa shape index (κ2) is 1.26. The van der Waals surface area contributed by atoms with Crippen molar-refractivity contribution in [2.45, 2.75) is 9.87 Å². The van der Waals surface area contributed by atoms with Gasteiger partial charge < -0.3 is 10.2 Å². The van der Waals surface area contributed by atoms with Crippen molar-refractivity contribution in [3.63, 3.8) is 0 Å². The van der Waals surface area contributed by atoms with E-state index in [0.29, 0.717) is 0 Å². The van der Waals surface area contributed by atoms with Crippen LogP contribution in [0.5, 0.6) is 0 Å². The van der Waals surface area contributed by atoms with Crippen molar-refractivity contribution in [3.05, 3.63) is 24.3 Å². The monoisotopic (exact) mass is 142 g/mol. The minimum Gasteiger partial charge on any atom is -0.372 e. The number of rotatable bonds is 0. The third-order valence-electron chi connectivity index (χ3n) is 1.54. The molecule has 0 amide bonds. The molecule has 2 nitrogen and oxygen atoms in total. The molecule has 1 heterocycles. The van der Waals surface area contributed by atoms with Crippen LogP contribution in [0.4, 0.5) is 0 Å². The lowest BCUT2D eigenvalue weighted by molar-refractivity contribution is 0.0794. The molecule has 1 saturated heterocycles. The Hall–Kier alpha value is -0.250. The van der Waals surface area contributed by atoms with Crippen LogP contribution in [0.2, 0.25) is 0 Å². The van der Waals surface area contributed by atoms with Gasteiger partial charge in [0, 0.05) is 0 Å². The Kier molecular flexibility index (Phi) is 0.773. The van der Waals surface area contributed by atoms with Gasteiger partial charge in [-0.15, -0.1) is 0 Å². The van der Waals surface area contributed by atoms with E-state index in [1.165, 1.54) is 0 Å². The zero-order valence-electron chi connectivity index (χ0n) is 4.61. The fourth-order valence-electron chi connectivity index (χ4n) is 0.891. The summed E-state index contributed by atoms with van der Waals surface area (Å²) in [6.45, 7) is 0. The normalized spacial score (nSPS) is 53.1. The number of fused-ring (bicyclic) bond motifs is 1. The number of hydrogen-bond donors (Lipinski definition) is 2. The average Bonchev–Trinajstić information content (AvgIpc) is 2.33. The van der Waals surface area contributed by atoms with Gasteiger partial charge >= 0.3 is 0 Å². The lowest BCUT2D eigenvalue weighted by Crippen LogP contribution is -2.22. The van der Waals surface area contributed by atoms with Gasteiger partial charge in [-0.1, -0.05) is 23.9 Å². The maximum absolute atomic E-state index is 9.28. The highest BCUT2D eigenvalue weighted by molar-refractivity contribution is 8.09. The second-order valence-electron chi connectivity index (χ2n) is 2.21. The summed E-state index contributed by atoms with van der Waals surface area (Å²) in [4.78, 5) is -2.02. The van der Waals surface area contributed by atoms with Crippen molar-refractivity contribution in [3.8, 4) is 0 Å². The molecule has 0 aromatic carbocycles. The van der Waals surface area contributed by atoms with Crippen LogP contribution in [0.15, 0.2) is 24.3 Å². The number of allylic oxidation sites excluding steroid dienone is 2. The Morgan fingerprint density at radius 3 is 1.78 bits per heavy atom. The molecule has 1 fully saturated rings. The van der Waals surface area contributed by atoms with E-state index in [4.69, 9.17) is 0 Å². The van der Waals surface area contributed by atoms with E-state index in [0.717, 1.165) is 11.8 Å². The van der Waals surface area contributed by atoms with Gasteiger partial charge in [-0.25, -0.2) is 0 Å². The van der Waals surface area contributed by atoms with Gasteiger partial charge in [-0.05, 0) is 12.2 Å². The summed E-state index contributed by atoms with van der Waals surface area (Å²) in [6, 6.07) is 0. The van der Waals surface area contributed by atoms with E-state index in [9.17, 15) is 10.2 Å². The van der Waals surface area contributed by atoms with E-state index < -0.39 is 9.87 Å². The van der Waals surface area contributed by atoms with Crippen LogP contribution in [0.1, 0.15) is 0 Å². The summed E-state index contributed by atoms with van der Waals surface area (Å²) in [5.74, 6) is 0. The molecule has 0 aromatic heterocycles. The molecule has 0 radical (unpaired) electrons. The van der Waals surface area contributed by atoms with Crippen LogP contribution >= 0.6 is 11.8 Å². The Balaban J connectivity index is 2.40. The summed E-state index contributed by atoms with van der Waals surface area (Å²) in [5, 5.41) is 18.6. The zero-order chi connectivity index (χ0) is 6.54. The van der Waals surface area contributed by atoms with Gasteiger partial charge in [-0.2, -0.15) is 0 Å². The molecule has 0 aromatic rings. The van der Waals surface area contributed by atoms with Crippen LogP contribution < -0.4 is 0 Å². The molecule has 0 spiro atoms. The maximum atomic E-state index is 9.28. The van der Waals surface area contributed by atoms with Gasteiger partial charge in [0.05, 0.1) is 0 Å². The molecule has 2 atom stereocenters. The standard InChI is InChI=1S/C6H6O2S/c7-5-3-1-2-4-6(5,8)9-5/h1-4,7-8H. The van der Waals surface area contributed by atoms with Crippen LogP contribution in [-0.2, 0) is 0 Å². The topological polar surface area (TPSA) is 40.5 Å². The van der Waals surface area contributed by atoms with Crippen molar-refractivity contribution in [2.75, 3.05) is 0 Å². The van der Waals surface area contributed by atoms with Crippen molar-refractivity contribution in [1.82, 2.24) is 0 Å². The van der Waals surface area contributed by atoms with Crippen LogP contribution in [0.25, 0.3) is 0 Å². The number of thioether (sulfide) groups is 1. The maximum Gasteiger partial charge on any atom is 0.174 e. The third kappa shape index (κ3) is 0.542. The summed E-state index contributed by atoms with van der Waals surface area (Å²) < 4.78 is 0. The molecule has 2 aliphatic rings. The molecule has 2 unspecified atom stereocenters. The highest BCUT2D eigenvalue weighted by Gasteiger charge is 2.66. The molecule has 2 N–H and O–H groups in total. The van der Waals surface area contributed by atoms with E-state index in [1.54, 1.807) is 24.3 Å². The number of aliphatic hydroxyl groups is 2. The van der Waals surface area contributed by atoms with Crippen molar-refractivity contribution >= 4 is 11.8 Å². The van der Waals surface area contributed by atoms with Gasteiger partial charge in [0.25, 0.3) is 0 Å². The first-order chi connectivity index (χ1) is 4.16. The first-order valence-electron chi connectivity index (χ1n) is 2.68. The minimum absolute atomic E-state index is 1.01. The Labute approximate surface area is 56.9 Å². The van der Waals surface area contributed by atoms with Gasteiger partial charge in [0.2, 0.25) is 0 Å². The van der Waals surface area contributed by atoms with E-state index in [2.05, 4.69) is 0 Å². The molecule has 9 heavy (non-hydrogen) atoms. The molecule has 2 rings (SSSR count). The van der Waals surface area contributed by atoms with Gasteiger partial charge in [0.15, 0.2) is 9.87 Å². The largest absolute Gasteiger partial charge is 0.372 e. The molecular formula is C6H6O2S.